The van der Waals surface area contributed by atoms with Gasteiger partial charge in [0, 0.05) is 19.3 Å². The van der Waals surface area contributed by atoms with E-state index < -0.39 is 11.9 Å². The fourth-order valence-electron chi connectivity index (χ4n) is 2.13. The van der Waals surface area contributed by atoms with E-state index in [1.807, 2.05) is 0 Å². The fourth-order valence-corrected chi connectivity index (χ4v) is 2.34. The SMILES string of the molecule is COCOc1ccc(/C=C/C(=O)Nc2cc(OC)c(C(=O)O)cc2Cl)cc1. The Morgan fingerprint density at radius 2 is 1.89 bits per heavy atom. The Kier molecular flexibility index (Phi) is 7.22. The van der Waals surface area contributed by atoms with Gasteiger partial charge in [0.1, 0.15) is 17.1 Å². The van der Waals surface area contributed by atoms with Gasteiger partial charge in [0.05, 0.1) is 17.8 Å². The molecule has 1 amide bonds. The number of carboxylic acid groups (broad SMARTS) is 1. The van der Waals surface area contributed by atoms with Gasteiger partial charge in [-0.1, -0.05) is 23.7 Å². The molecule has 0 aliphatic carbocycles. The van der Waals surface area contributed by atoms with Crippen LogP contribution in [0.15, 0.2) is 42.5 Å². The second-order valence-electron chi connectivity index (χ2n) is 5.28. The van der Waals surface area contributed by atoms with Crippen molar-refractivity contribution in [2.24, 2.45) is 0 Å². The van der Waals surface area contributed by atoms with E-state index in [0.717, 1.165) is 5.56 Å². The van der Waals surface area contributed by atoms with Crippen molar-refractivity contribution in [2.45, 2.75) is 0 Å². The Hall–Kier alpha value is -3.03. The first-order valence-electron chi connectivity index (χ1n) is 7.76. The Morgan fingerprint density at radius 1 is 1.19 bits per heavy atom. The number of halogens is 1. The van der Waals surface area contributed by atoms with Crippen molar-refractivity contribution in [3.05, 3.63) is 58.6 Å². The Bertz CT molecular complexity index is 848. The smallest absolute Gasteiger partial charge is 0.339 e. The molecular weight excluding hydrogens is 374 g/mol. The highest BCUT2D eigenvalue weighted by molar-refractivity contribution is 6.34. The summed E-state index contributed by atoms with van der Waals surface area (Å²) in [5, 5.41) is 11.8. The molecule has 0 atom stereocenters. The molecule has 0 bridgehead atoms. The van der Waals surface area contributed by atoms with Crippen LogP contribution in [0.4, 0.5) is 5.69 Å². The number of methoxy groups -OCH3 is 2. The summed E-state index contributed by atoms with van der Waals surface area (Å²) < 4.78 is 15.1. The molecule has 7 nitrogen and oxygen atoms in total. The van der Waals surface area contributed by atoms with Crippen molar-refractivity contribution in [2.75, 3.05) is 26.3 Å². The summed E-state index contributed by atoms with van der Waals surface area (Å²) in [7, 11) is 2.87. The third kappa shape index (κ3) is 5.73. The minimum Gasteiger partial charge on any atom is -0.496 e. The number of carboxylic acids is 1. The van der Waals surface area contributed by atoms with E-state index in [1.165, 1.54) is 32.4 Å². The van der Waals surface area contributed by atoms with Gasteiger partial charge in [-0.05, 0) is 29.8 Å². The van der Waals surface area contributed by atoms with Crippen LogP contribution in [0.3, 0.4) is 0 Å². The van der Waals surface area contributed by atoms with Gasteiger partial charge in [0.25, 0.3) is 0 Å². The largest absolute Gasteiger partial charge is 0.496 e. The summed E-state index contributed by atoms with van der Waals surface area (Å²) in [5.74, 6) is -0.861. The maximum absolute atomic E-state index is 12.1. The monoisotopic (exact) mass is 391 g/mol. The van der Waals surface area contributed by atoms with Crippen LogP contribution in [0.25, 0.3) is 6.08 Å². The Balaban J connectivity index is 2.06. The highest BCUT2D eigenvalue weighted by atomic mass is 35.5. The minimum absolute atomic E-state index is 0.0909. The molecule has 0 aromatic heterocycles. The second kappa shape index (κ2) is 9.61. The van der Waals surface area contributed by atoms with Crippen LogP contribution in [0.5, 0.6) is 11.5 Å². The molecule has 2 rings (SSSR count). The molecule has 0 radical (unpaired) electrons. The van der Waals surface area contributed by atoms with Crippen LogP contribution >= 0.6 is 11.6 Å². The van der Waals surface area contributed by atoms with E-state index in [1.54, 1.807) is 30.3 Å². The lowest BCUT2D eigenvalue weighted by Crippen LogP contribution is -2.09. The number of hydrogen-bond acceptors (Lipinski definition) is 5. The molecule has 0 saturated carbocycles. The third-order valence-electron chi connectivity index (χ3n) is 3.43. The van der Waals surface area contributed by atoms with Gasteiger partial charge in [-0.25, -0.2) is 4.79 Å². The predicted molar refractivity (Wildman–Crippen MR) is 102 cm³/mol. The zero-order valence-electron chi connectivity index (χ0n) is 14.7. The summed E-state index contributed by atoms with van der Waals surface area (Å²) in [6.45, 7) is 0.155. The summed E-state index contributed by atoms with van der Waals surface area (Å²) in [5.41, 5.74) is 0.947. The summed E-state index contributed by atoms with van der Waals surface area (Å²) in [6, 6.07) is 9.66. The fraction of sp³-hybridized carbons (Fsp3) is 0.158. The number of amides is 1. The number of anilines is 1. The number of aromatic carboxylic acids is 1. The van der Waals surface area contributed by atoms with Crippen molar-refractivity contribution in [1.29, 1.82) is 0 Å². The van der Waals surface area contributed by atoms with Crippen LogP contribution in [0, 0.1) is 0 Å². The molecule has 8 heteroatoms. The van der Waals surface area contributed by atoms with Gasteiger partial charge < -0.3 is 24.6 Å². The highest BCUT2D eigenvalue weighted by Gasteiger charge is 2.15. The van der Waals surface area contributed by atoms with Crippen molar-refractivity contribution < 1.29 is 28.9 Å². The molecule has 2 N–H and O–H groups in total. The van der Waals surface area contributed by atoms with E-state index in [2.05, 4.69) is 5.32 Å². The van der Waals surface area contributed by atoms with Crippen LogP contribution in [0.2, 0.25) is 5.02 Å². The molecule has 0 unspecified atom stereocenters. The quantitative estimate of drug-likeness (QED) is 0.526. The summed E-state index contributed by atoms with van der Waals surface area (Å²) in [4.78, 5) is 23.3. The summed E-state index contributed by atoms with van der Waals surface area (Å²) in [6.07, 6.45) is 2.95. The average Bonchev–Trinajstić information content (AvgIpc) is 2.66. The van der Waals surface area contributed by atoms with E-state index >= 15 is 0 Å². The van der Waals surface area contributed by atoms with Crippen molar-refractivity contribution in [3.8, 4) is 11.5 Å². The molecule has 0 aliphatic heterocycles. The summed E-state index contributed by atoms with van der Waals surface area (Å²) >= 11 is 6.04. The van der Waals surface area contributed by atoms with Crippen molar-refractivity contribution >= 4 is 35.2 Å². The molecule has 27 heavy (non-hydrogen) atoms. The number of rotatable bonds is 8. The molecule has 0 spiro atoms. The lowest BCUT2D eigenvalue weighted by molar-refractivity contribution is -0.111. The van der Waals surface area contributed by atoms with Crippen molar-refractivity contribution in [3.63, 3.8) is 0 Å². The molecule has 0 heterocycles. The van der Waals surface area contributed by atoms with E-state index in [0.29, 0.717) is 5.75 Å². The minimum atomic E-state index is -1.18. The molecule has 0 saturated heterocycles. The van der Waals surface area contributed by atoms with Gasteiger partial charge in [0.15, 0.2) is 6.79 Å². The van der Waals surface area contributed by atoms with Crippen LogP contribution in [-0.4, -0.2) is 38.0 Å². The molecular formula is C19H18ClNO6. The van der Waals surface area contributed by atoms with Crippen LogP contribution in [-0.2, 0) is 9.53 Å². The van der Waals surface area contributed by atoms with Gasteiger partial charge in [-0.3, -0.25) is 4.79 Å². The van der Waals surface area contributed by atoms with Crippen LogP contribution < -0.4 is 14.8 Å². The first-order valence-corrected chi connectivity index (χ1v) is 8.14. The van der Waals surface area contributed by atoms with Gasteiger partial charge >= 0.3 is 5.97 Å². The molecule has 0 fully saturated rings. The molecule has 142 valence electrons. The topological polar surface area (TPSA) is 94.1 Å². The molecule has 2 aromatic rings. The first-order chi connectivity index (χ1) is 12.9. The van der Waals surface area contributed by atoms with Crippen LogP contribution in [0.1, 0.15) is 15.9 Å². The standard InChI is InChI=1S/C19H18ClNO6/c1-25-11-27-13-6-3-12(4-7-13)5-8-18(22)21-16-10-17(26-2)14(19(23)24)9-15(16)20/h3-10H,11H2,1-2H3,(H,21,22)(H,23,24)/b8-5+. The van der Waals surface area contributed by atoms with E-state index in [9.17, 15) is 9.59 Å². The normalized spacial score (nSPS) is 10.6. The number of benzene rings is 2. The molecule has 0 aliphatic rings. The number of carbonyl (C=O) groups is 2. The Labute approximate surface area is 161 Å². The zero-order valence-corrected chi connectivity index (χ0v) is 15.4. The number of hydrogen-bond donors (Lipinski definition) is 2. The van der Waals surface area contributed by atoms with E-state index in [4.69, 9.17) is 30.9 Å². The predicted octanol–water partition coefficient (Wildman–Crippen LogP) is 3.68. The Morgan fingerprint density at radius 3 is 2.48 bits per heavy atom. The molecule has 2 aromatic carbocycles. The zero-order chi connectivity index (χ0) is 19.8. The maximum Gasteiger partial charge on any atom is 0.339 e. The first kappa shape index (κ1) is 20.3. The lowest BCUT2D eigenvalue weighted by Gasteiger charge is -2.10. The second-order valence-corrected chi connectivity index (χ2v) is 5.69. The van der Waals surface area contributed by atoms with Crippen molar-refractivity contribution in [1.82, 2.24) is 0 Å². The van der Waals surface area contributed by atoms with Gasteiger partial charge in [-0.15, -0.1) is 0 Å². The van der Waals surface area contributed by atoms with Gasteiger partial charge in [0.2, 0.25) is 5.91 Å². The maximum atomic E-state index is 12.1. The third-order valence-corrected chi connectivity index (χ3v) is 3.74. The van der Waals surface area contributed by atoms with Gasteiger partial charge in [-0.2, -0.15) is 0 Å². The number of ether oxygens (including phenoxy) is 3. The number of carbonyl (C=O) groups excluding carboxylic acids is 1. The highest BCUT2D eigenvalue weighted by Crippen LogP contribution is 2.31. The number of nitrogens with one attached hydrogen (secondary N) is 1. The average molecular weight is 392 g/mol. The van der Waals surface area contributed by atoms with E-state index in [-0.39, 0.29) is 28.8 Å². The lowest BCUT2D eigenvalue weighted by atomic mass is 10.1.